The van der Waals surface area contributed by atoms with Gasteiger partial charge in [0.15, 0.2) is 17.7 Å². The third kappa shape index (κ3) is 7.94. The first-order chi connectivity index (χ1) is 21.9. The van der Waals surface area contributed by atoms with E-state index in [1.165, 1.54) is 24.0 Å². The van der Waals surface area contributed by atoms with Crippen molar-refractivity contribution in [2.75, 3.05) is 18.9 Å². The first-order valence-corrected chi connectivity index (χ1v) is 17.7. The Labute approximate surface area is 261 Å². The average molecular weight is 731 g/mol. The van der Waals surface area contributed by atoms with Crippen LogP contribution in [0.15, 0.2) is 28.4 Å². The number of imidazole rings is 1. The summed E-state index contributed by atoms with van der Waals surface area (Å²) in [5.74, 6) is 0.0160. The second kappa shape index (κ2) is 13.3. The molecule has 2 aliphatic rings. The van der Waals surface area contributed by atoms with E-state index in [1.807, 2.05) is 4.98 Å². The Kier molecular flexibility index (Phi) is 10.0. The lowest BCUT2D eigenvalue weighted by Gasteiger charge is -2.21. The number of aryl methyl sites for hydroxylation is 1. The van der Waals surface area contributed by atoms with Crippen LogP contribution >= 0.6 is 23.5 Å². The lowest BCUT2D eigenvalue weighted by molar-refractivity contribution is -0.0504. The molecule has 0 spiro atoms. The summed E-state index contributed by atoms with van der Waals surface area (Å²) >= 11 is 0. The lowest BCUT2D eigenvalue weighted by Crippen LogP contribution is -2.33. The van der Waals surface area contributed by atoms with Crippen molar-refractivity contribution >= 4 is 40.4 Å². The molecule has 47 heavy (non-hydrogen) atoms. The summed E-state index contributed by atoms with van der Waals surface area (Å²) in [4.78, 5) is 67.2. The number of anilines is 1. The van der Waals surface area contributed by atoms with Crippen LogP contribution in [0.1, 0.15) is 24.4 Å². The van der Waals surface area contributed by atoms with E-state index in [-0.39, 0.29) is 29.0 Å². The Morgan fingerprint density at radius 3 is 2.23 bits per heavy atom. The zero-order valence-electron chi connectivity index (χ0n) is 23.7. The smallest absolute Gasteiger partial charge is 0.390 e. The van der Waals surface area contributed by atoms with Crippen molar-refractivity contribution in [2.45, 2.75) is 56.3 Å². The molecule has 0 aliphatic carbocycles. The number of ether oxygens (including phenoxy) is 2. The summed E-state index contributed by atoms with van der Waals surface area (Å²) in [6.45, 7) is -0.550. The molecule has 2 saturated heterocycles. The van der Waals surface area contributed by atoms with Crippen molar-refractivity contribution < 1.29 is 70.8 Å². The van der Waals surface area contributed by atoms with E-state index in [2.05, 4.69) is 32.6 Å². The van der Waals surface area contributed by atoms with E-state index in [4.69, 9.17) is 15.2 Å². The molecule has 5 heterocycles. The predicted molar refractivity (Wildman–Crippen MR) is 150 cm³/mol. The number of nitrogens with two attached hydrogens (primary N) is 1. The highest BCUT2D eigenvalue weighted by atomic mass is 31.3. The molecular weight excluding hydrogens is 703 g/mol. The van der Waals surface area contributed by atoms with Gasteiger partial charge >= 0.3 is 29.2 Å². The molecule has 2 fully saturated rings. The molecule has 3 aromatic rings. The van der Waals surface area contributed by atoms with Gasteiger partial charge in [-0.25, -0.2) is 33.4 Å². The lowest BCUT2D eigenvalue weighted by atomic mass is 10.1. The van der Waals surface area contributed by atoms with Gasteiger partial charge in [-0.05, 0) is 6.92 Å². The number of phosphoric acid groups is 3. The Morgan fingerprint density at radius 2 is 1.57 bits per heavy atom. The van der Waals surface area contributed by atoms with Gasteiger partial charge in [-0.3, -0.25) is 28.0 Å². The molecule has 5 rings (SSSR count). The highest BCUT2D eigenvalue weighted by molar-refractivity contribution is 7.66. The summed E-state index contributed by atoms with van der Waals surface area (Å²) in [7, 11) is -17.1. The fraction of sp³-hybridized carbons (Fsp3) is 0.550. The molecule has 3 aromatic heterocycles. The maximum Gasteiger partial charge on any atom is 0.490 e. The van der Waals surface area contributed by atoms with Crippen molar-refractivity contribution in [3.8, 4) is 0 Å². The minimum atomic E-state index is -5.91. The van der Waals surface area contributed by atoms with Crippen molar-refractivity contribution in [2.24, 2.45) is 0 Å². The van der Waals surface area contributed by atoms with Gasteiger partial charge in [-0.2, -0.15) is 8.62 Å². The highest BCUT2D eigenvalue weighted by Gasteiger charge is 2.48. The van der Waals surface area contributed by atoms with Crippen LogP contribution in [0.25, 0.3) is 11.2 Å². The van der Waals surface area contributed by atoms with Gasteiger partial charge < -0.3 is 45.2 Å². The third-order valence-corrected chi connectivity index (χ3v) is 11.1. The van der Waals surface area contributed by atoms with Gasteiger partial charge in [0.25, 0.3) is 5.56 Å². The number of fused-ring (bicyclic) bond motifs is 1. The van der Waals surface area contributed by atoms with Gasteiger partial charge in [-0.15, -0.1) is 0 Å². The Morgan fingerprint density at radius 1 is 0.936 bits per heavy atom. The molecule has 0 aromatic carbocycles. The number of aromatic amines is 1. The van der Waals surface area contributed by atoms with E-state index >= 15 is 0 Å². The highest BCUT2D eigenvalue weighted by Crippen LogP contribution is 2.67. The van der Waals surface area contributed by atoms with Crippen LogP contribution in [0.2, 0.25) is 0 Å². The van der Waals surface area contributed by atoms with Crippen LogP contribution in [0.4, 0.5) is 5.82 Å². The van der Waals surface area contributed by atoms with Crippen LogP contribution in [0.5, 0.6) is 0 Å². The zero-order valence-corrected chi connectivity index (χ0v) is 26.4. The third-order valence-electron chi connectivity index (χ3n) is 6.88. The van der Waals surface area contributed by atoms with Crippen LogP contribution < -0.4 is 17.0 Å². The molecule has 9 N–H and O–H groups in total. The Hall–Kier alpha value is -2.76. The second-order valence-electron chi connectivity index (χ2n) is 10.2. The summed E-state index contributed by atoms with van der Waals surface area (Å²) in [5.41, 5.74) is 4.65. The average Bonchev–Trinajstić information content (AvgIpc) is 3.63. The SMILES string of the molecule is Cc1cn(C2C[C@H](O)[C@@H](COP(=O)(O)OP(=O)(O)OP(=O)(O)OC[C@H]3OC(n4cnc5c(N)ncnc54)[C@H](O)[C@@H]3O)O2)c(=O)[nH]c1=O. The molecule has 2 aliphatic heterocycles. The summed E-state index contributed by atoms with van der Waals surface area (Å²) in [6, 6.07) is 0. The quantitative estimate of drug-likeness (QED) is 0.0925. The maximum atomic E-state index is 12.4. The number of nitrogens with one attached hydrogen (secondary N) is 1. The first-order valence-electron chi connectivity index (χ1n) is 13.2. The molecule has 24 nitrogen and oxygen atoms in total. The van der Waals surface area contributed by atoms with Crippen molar-refractivity contribution in [1.82, 2.24) is 29.1 Å². The number of hydrogen-bond donors (Lipinski definition) is 8. The predicted octanol–water partition coefficient (Wildman–Crippen LogP) is -2.10. The standard InChI is InChI=1S/C20H28N7O17P3/c1-8-3-26(20(32)25-18(8)31)12-2-9(28)10(41-12)4-39-45(33,34)43-47(37,38)44-46(35,36)40-5-11-14(29)15(30)19(42-11)27-7-24-13-16(21)22-6-23-17(13)27/h3,6-7,9-12,14-15,19,28-30H,2,4-5H2,1H3,(H,33,34)(H,35,36)(H,37,38)(H2,21,22,23)(H,25,31,32)/t9-,10+,11+,12?,14+,15+,19?/m0/s1. The number of aliphatic hydroxyl groups is 3. The van der Waals surface area contributed by atoms with E-state index in [0.717, 1.165) is 10.9 Å². The van der Waals surface area contributed by atoms with Gasteiger partial charge in [-0.1, -0.05) is 0 Å². The molecule has 5 unspecified atom stereocenters. The van der Waals surface area contributed by atoms with E-state index < -0.39 is 90.9 Å². The van der Waals surface area contributed by atoms with E-state index in [0.29, 0.717) is 0 Å². The monoisotopic (exact) mass is 731 g/mol. The zero-order chi connectivity index (χ0) is 34.5. The molecule has 10 atom stereocenters. The Bertz CT molecular complexity index is 1900. The maximum absolute atomic E-state index is 12.4. The number of aliphatic hydroxyl groups excluding tert-OH is 3. The summed E-state index contributed by atoms with van der Waals surface area (Å²) in [5, 5.41) is 31.1. The van der Waals surface area contributed by atoms with Crippen molar-refractivity contribution in [3.05, 3.63) is 45.3 Å². The number of rotatable bonds is 12. The van der Waals surface area contributed by atoms with Crippen LogP contribution in [-0.2, 0) is 40.8 Å². The van der Waals surface area contributed by atoms with E-state index in [1.54, 1.807) is 0 Å². The van der Waals surface area contributed by atoms with Gasteiger partial charge in [0, 0.05) is 18.2 Å². The fourth-order valence-electron chi connectivity index (χ4n) is 4.65. The molecule has 0 amide bonds. The van der Waals surface area contributed by atoms with Crippen LogP contribution in [-0.4, -0.2) is 103 Å². The molecule has 0 radical (unpaired) electrons. The number of aromatic nitrogens is 6. The van der Waals surface area contributed by atoms with Crippen LogP contribution in [0.3, 0.4) is 0 Å². The summed E-state index contributed by atoms with van der Waals surface area (Å²) < 4.78 is 67.3. The molecular formula is C20H28N7O17P3. The number of nitrogens with zero attached hydrogens (tertiary/aromatic N) is 5. The summed E-state index contributed by atoms with van der Waals surface area (Å²) in [6.07, 6.45) is -6.91. The number of nitrogen functional groups attached to an aromatic ring is 1. The largest absolute Gasteiger partial charge is 0.490 e. The van der Waals surface area contributed by atoms with Crippen molar-refractivity contribution in [1.29, 1.82) is 0 Å². The number of H-pyrrole nitrogens is 1. The molecule has 0 bridgehead atoms. The Balaban J connectivity index is 1.14. The van der Waals surface area contributed by atoms with Gasteiger partial charge in [0.2, 0.25) is 0 Å². The minimum Gasteiger partial charge on any atom is -0.390 e. The van der Waals surface area contributed by atoms with Gasteiger partial charge in [0.1, 0.15) is 42.5 Å². The fourth-order valence-corrected chi connectivity index (χ4v) is 8.17. The first kappa shape index (κ1) is 35.5. The normalized spacial score (nSPS) is 30.2. The van der Waals surface area contributed by atoms with Crippen molar-refractivity contribution in [3.63, 3.8) is 0 Å². The molecule has 260 valence electrons. The number of hydrogen-bond acceptors (Lipinski definition) is 18. The minimum absolute atomic E-state index is 0.0160. The van der Waals surface area contributed by atoms with Crippen LogP contribution in [0, 0.1) is 6.92 Å². The van der Waals surface area contributed by atoms with Gasteiger partial charge in [0.05, 0.1) is 25.6 Å². The molecule has 27 heteroatoms. The van der Waals surface area contributed by atoms with E-state index in [9.17, 15) is 53.3 Å². The number of phosphoric ester groups is 2. The second-order valence-corrected chi connectivity index (χ2v) is 14.8. The molecule has 0 saturated carbocycles. The topological polar surface area (TPSA) is 352 Å².